The molecule has 6 saturated heterocycles. The van der Waals surface area contributed by atoms with E-state index in [0.717, 1.165) is 9.80 Å². The van der Waals surface area contributed by atoms with Crippen molar-refractivity contribution in [3.05, 3.63) is 60.7 Å². The van der Waals surface area contributed by atoms with Crippen molar-refractivity contribution in [1.29, 1.82) is 0 Å². The third-order valence-electron chi connectivity index (χ3n) is 10.9. The third kappa shape index (κ3) is 8.73. The maximum Gasteiger partial charge on any atom is 0.306 e. The van der Waals surface area contributed by atoms with Crippen molar-refractivity contribution in [3.8, 4) is 0 Å². The Labute approximate surface area is 362 Å². The molecular weight excluding hydrogens is 869 g/mol. The van der Waals surface area contributed by atoms with Crippen molar-refractivity contribution in [3.63, 3.8) is 0 Å². The molecule has 4 bridgehead atoms. The molecule has 0 spiro atoms. The molecule has 12 unspecified atom stereocenters. The van der Waals surface area contributed by atoms with Crippen LogP contribution in [0.5, 0.6) is 0 Å². The second-order valence-electron chi connectivity index (χ2n) is 14.0. The summed E-state index contributed by atoms with van der Waals surface area (Å²) in [6.07, 6.45) is -8.97. The minimum absolute atomic E-state index is 0.154. The first kappa shape index (κ1) is 46.4. The number of para-hydroxylation sites is 2. The van der Waals surface area contributed by atoms with Crippen molar-refractivity contribution >= 4 is 104 Å². The topological polar surface area (TPSA) is 239 Å². The minimum Gasteiger partial charge on any atom is -0.469 e. The summed E-state index contributed by atoms with van der Waals surface area (Å²) in [5.41, 5.74) is 0.903. The molecule has 60 heavy (non-hydrogen) atoms. The monoisotopic (exact) mass is 906 g/mol. The fourth-order valence-corrected chi connectivity index (χ4v) is 8.39. The van der Waals surface area contributed by atoms with E-state index in [1.165, 1.54) is 14.2 Å². The molecule has 0 radical (unpaired) electrons. The van der Waals surface area contributed by atoms with Gasteiger partial charge in [-0.05, 0) is 24.3 Å². The zero-order chi connectivity index (χ0) is 44.0. The first-order chi connectivity index (χ1) is 28.9. The molecule has 0 aliphatic carbocycles. The predicted molar refractivity (Wildman–Crippen MR) is 213 cm³/mol. The lowest BCUT2D eigenvalue weighted by atomic mass is 9.78. The Morgan fingerprint density at radius 3 is 1.10 bits per heavy atom. The number of aliphatic hydroxyl groups is 2. The van der Waals surface area contributed by atoms with Gasteiger partial charge >= 0.3 is 23.9 Å². The molecule has 22 heteroatoms. The quantitative estimate of drug-likeness (QED) is 0.175. The van der Waals surface area contributed by atoms with Gasteiger partial charge in [-0.15, -0.1) is 0 Å². The largest absolute Gasteiger partial charge is 0.469 e. The fourth-order valence-electron chi connectivity index (χ4n) is 8.39. The van der Waals surface area contributed by atoms with E-state index in [1.807, 2.05) is 0 Å². The molecule has 12 atom stereocenters. The number of anilines is 2. The standard InChI is InChI=1S/2C19H19NO8.2S2/c2*1-26-10(21)7-8-11(22)27-17-14(23)15-12-13(16(17)28-15)19(25)20(18(12)24)9-5-3-2-4-6-9;2*1-2/h2*2-6,12-17,23H,7-8H2,1H3;;. The molecule has 6 fully saturated rings. The lowest BCUT2D eigenvalue weighted by molar-refractivity contribution is -0.161. The molecule has 4 amide bonds. The summed E-state index contributed by atoms with van der Waals surface area (Å²) in [4.78, 5) is 100. The third-order valence-corrected chi connectivity index (χ3v) is 10.9. The Morgan fingerprint density at radius 2 is 0.800 bits per heavy atom. The van der Waals surface area contributed by atoms with Crippen molar-refractivity contribution < 1.29 is 77.0 Å². The molecule has 320 valence electrons. The number of benzene rings is 2. The average Bonchev–Trinajstić information content (AvgIpc) is 4.10. The Balaban J connectivity index is 0.000000210. The van der Waals surface area contributed by atoms with Crippen LogP contribution in [0.1, 0.15) is 25.7 Å². The van der Waals surface area contributed by atoms with Gasteiger partial charge in [-0.2, -0.15) is 0 Å². The van der Waals surface area contributed by atoms with E-state index < -0.39 is 120 Å². The van der Waals surface area contributed by atoms with E-state index in [4.69, 9.17) is 18.9 Å². The normalized spacial score (nSPS) is 31.1. The van der Waals surface area contributed by atoms with Crippen LogP contribution < -0.4 is 9.80 Å². The van der Waals surface area contributed by atoms with Gasteiger partial charge in [0.25, 0.3) is 0 Å². The van der Waals surface area contributed by atoms with Crippen LogP contribution in [0.2, 0.25) is 0 Å². The highest BCUT2D eigenvalue weighted by molar-refractivity contribution is 8.07. The van der Waals surface area contributed by atoms with Gasteiger partial charge in [0.15, 0.2) is 12.2 Å². The zero-order valence-corrected chi connectivity index (χ0v) is 34.9. The lowest BCUT2D eigenvalue weighted by Gasteiger charge is -2.28. The second-order valence-corrected chi connectivity index (χ2v) is 14.0. The second kappa shape index (κ2) is 20.3. The summed E-state index contributed by atoms with van der Waals surface area (Å²) in [5, 5.41) is 21.0. The summed E-state index contributed by atoms with van der Waals surface area (Å²) in [6.45, 7) is 0. The summed E-state index contributed by atoms with van der Waals surface area (Å²) >= 11 is 14.7. The molecule has 0 aromatic heterocycles. The Hall–Kier alpha value is -4.68. The number of aliphatic hydroxyl groups excluding tert-OH is 2. The number of imide groups is 2. The molecule has 2 N–H and O–H groups in total. The van der Waals surface area contributed by atoms with Crippen LogP contribution in [0, 0.1) is 23.7 Å². The minimum atomic E-state index is -1.22. The zero-order valence-electron chi connectivity index (χ0n) is 31.7. The molecule has 6 aliphatic heterocycles. The Bertz CT molecular complexity index is 1840. The van der Waals surface area contributed by atoms with Crippen LogP contribution in [0.25, 0.3) is 0 Å². The van der Waals surface area contributed by atoms with Crippen LogP contribution in [-0.2, 0) is 112 Å². The summed E-state index contributed by atoms with van der Waals surface area (Å²) in [6, 6.07) is 17.0. The van der Waals surface area contributed by atoms with Gasteiger partial charge in [0.2, 0.25) is 23.6 Å². The van der Waals surface area contributed by atoms with Crippen LogP contribution in [-0.4, -0.2) is 121 Å². The Morgan fingerprint density at radius 1 is 0.517 bits per heavy atom. The SMILES string of the molecule is COC(=O)CCC(=O)OC1C(O)C2OC1C1C(=O)N(c3ccccc3)C(=O)C21.COC(=O)CCC(=O)OC1C(O)C2OC1C1C(=O)N(c3ccccc3)C(=O)C21.S=S.S=S. The highest BCUT2D eigenvalue weighted by Crippen LogP contribution is 2.52. The number of amides is 4. The van der Waals surface area contributed by atoms with E-state index in [1.54, 1.807) is 60.7 Å². The van der Waals surface area contributed by atoms with Gasteiger partial charge in [0.05, 0.1) is 74.9 Å². The smallest absolute Gasteiger partial charge is 0.306 e. The van der Waals surface area contributed by atoms with E-state index in [0.29, 0.717) is 11.4 Å². The van der Waals surface area contributed by atoms with Crippen molar-refractivity contribution in [2.24, 2.45) is 23.7 Å². The van der Waals surface area contributed by atoms with E-state index in [9.17, 15) is 48.6 Å². The number of carbonyl (C=O) groups is 8. The first-order valence-electron chi connectivity index (χ1n) is 18.3. The first-order valence-corrected chi connectivity index (χ1v) is 20.9. The number of fused-ring (bicyclic) bond motifs is 10. The predicted octanol–water partition coefficient (Wildman–Crippen LogP) is -0.411. The van der Waals surface area contributed by atoms with E-state index >= 15 is 0 Å². The van der Waals surface area contributed by atoms with Crippen molar-refractivity contribution in [1.82, 2.24) is 0 Å². The van der Waals surface area contributed by atoms with E-state index in [-0.39, 0.29) is 25.7 Å². The van der Waals surface area contributed by atoms with Gasteiger partial charge < -0.3 is 38.6 Å². The maximum absolute atomic E-state index is 12.9. The number of hydrogen-bond acceptors (Lipinski definition) is 20. The number of esters is 4. The summed E-state index contributed by atoms with van der Waals surface area (Å²) in [7, 11) is 2.42. The van der Waals surface area contributed by atoms with Gasteiger partial charge in [0.1, 0.15) is 36.6 Å². The van der Waals surface area contributed by atoms with Gasteiger partial charge in [-0.25, -0.2) is 9.80 Å². The molecule has 6 aliphatic rings. The highest BCUT2D eigenvalue weighted by Gasteiger charge is 2.71. The van der Waals surface area contributed by atoms with Crippen LogP contribution in [0.3, 0.4) is 0 Å². The van der Waals surface area contributed by atoms with Crippen LogP contribution in [0.15, 0.2) is 60.7 Å². The molecular formula is C38H38N2O16S4. The van der Waals surface area contributed by atoms with Crippen LogP contribution in [0.4, 0.5) is 11.4 Å². The Kier molecular flexibility index (Phi) is 15.7. The van der Waals surface area contributed by atoms with Gasteiger partial charge in [0, 0.05) is 44.8 Å². The summed E-state index contributed by atoms with van der Waals surface area (Å²) in [5.74, 6) is -7.51. The van der Waals surface area contributed by atoms with Gasteiger partial charge in [-0.3, -0.25) is 38.4 Å². The number of ether oxygens (including phenoxy) is 6. The maximum atomic E-state index is 12.9. The van der Waals surface area contributed by atoms with Crippen molar-refractivity contribution in [2.45, 2.75) is 74.5 Å². The van der Waals surface area contributed by atoms with E-state index in [2.05, 4.69) is 54.2 Å². The fraction of sp³-hybridized carbons (Fsp3) is 0.474. The number of rotatable bonds is 10. The molecule has 0 saturated carbocycles. The van der Waals surface area contributed by atoms with Crippen molar-refractivity contribution in [2.75, 3.05) is 24.0 Å². The molecule has 2 aromatic rings. The average molecular weight is 907 g/mol. The number of carbonyl (C=O) groups excluding carboxylic acids is 8. The number of nitrogens with zero attached hydrogens (tertiary/aromatic N) is 2. The number of hydrogen-bond donors (Lipinski definition) is 2. The molecule has 6 heterocycles. The molecule has 8 rings (SSSR count). The lowest BCUT2D eigenvalue weighted by Crippen LogP contribution is -2.49. The highest BCUT2D eigenvalue weighted by atomic mass is 32.8. The van der Waals surface area contributed by atoms with Crippen LogP contribution >= 0.6 is 0 Å². The molecule has 2 aromatic carbocycles. The molecule has 18 nitrogen and oxygen atoms in total. The van der Waals surface area contributed by atoms with Gasteiger partial charge in [-0.1, -0.05) is 36.4 Å². The summed E-state index contributed by atoms with van der Waals surface area (Å²) < 4.78 is 30.8. The number of methoxy groups -OCH3 is 2.